The van der Waals surface area contributed by atoms with Crippen molar-refractivity contribution in [2.24, 2.45) is 0 Å². The first-order valence-corrected chi connectivity index (χ1v) is 36.4. The Morgan fingerprint density at radius 2 is 0.793 bits per heavy atom. The second-order valence-electron chi connectivity index (χ2n) is 24.9. The van der Waals surface area contributed by atoms with E-state index in [0.29, 0.717) is 19.4 Å². The van der Waals surface area contributed by atoms with Crippen molar-refractivity contribution in [1.82, 2.24) is 5.32 Å². The molecule has 0 saturated carbocycles. The van der Waals surface area contributed by atoms with Crippen molar-refractivity contribution in [2.75, 3.05) is 19.8 Å². The van der Waals surface area contributed by atoms with Gasteiger partial charge in [0.2, 0.25) is 5.91 Å². The molecular weight excluding hydrogens is 1090 g/mol. The minimum absolute atomic E-state index is 0.0105. The van der Waals surface area contributed by atoms with Gasteiger partial charge in [-0.25, -0.2) is 0 Å². The van der Waals surface area contributed by atoms with Crippen LogP contribution in [0, 0.1) is 0 Å². The number of rotatable bonds is 63. The fourth-order valence-corrected chi connectivity index (χ4v) is 10.9. The summed E-state index contributed by atoms with van der Waals surface area (Å²) in [5.74, 6) is -0.207. The van der Waals surface area contributed by atoms with Gasteiger partial charge < -0.3 is 45.1 Å². The third-order valence-electron chi connectivity index (χ3n) is 16.7. The number of aliphatic hydroxyl groups excluding tert-OH is 5. The Labute approximate surface area is 533 Å². The van der Waals surface area contributed by atoms with Gasteiger partial charge in [0.25, 0.3) is 0 Å². The molecule has 11 heteroatoms. The highest BCUT2D eigenvalue weighted by Gasteiger charge is 2.44. The van der Waals surface area contributed by atoms with Crippen LogP contribution in [0.25, 0.3) is 0 Å². The monoisotopic (exact) mass is 1220 g/mol. The highest BCUT2D eigenvalue weighted by molar-refractivity contribution is 5.76. The molecule has 1 fully saturated rings. The number of unbranched alkanes of at least 4 members (excludes halogenated alkanes) is 37. The normalized spacial score (nSPS) is 18.4. The number of nitrogens with one attached hydrogen (secondary N) is 1. The van der Waals surface area contributed by atoms with Gasteiger partial charge in [-0.3, -0.25) is 9.59 Å². The molecule has 0 aromatic rings. The van der Waals surface area contributed by atoms with Gasteiger partial charge >= 0.3 is 5.97 Å². The molecule has 0 spiro atoms. The second kappa shape index (κ2) is 64.4. The lowest BCUT2D eigenvalue weighted by atomic mass is 9.99. The average Bonchev–Trinajstić information content (AvgIpc) is 2.79. The fourth-order valence-electron chi connectivity index (χ4n) is 10.9. The van der Waals surface area contributed by atoms with E-state index < -0.39 is 49.5 Å². The van der Waals surface area contributed by atoms with Gasteiger partial charge in [0.05, 0.1) is 32.0 Å². The van der Waals surface area contributed by atoms with Gasteiger partial charge in [-0.1, -0.05) is 279 Å². The summed E-state index contributed by atoms with van der Waals surface area (Å²) < 4.78 is 16.7. The lowest BCUT2D eigenvalue weighted by molar-refractivity contribution is -0.302. The van der Waals surface area contributed by atoms with E-state index in [0.717, 1.165) is 83.5 Å². The van der Waals surface area contributed by atoms with Crippen LogP contribution in [0.15, 0.2) is 85.1 Å². The highest BCUT2D eigenvalue weighted by atomic mass is 16.7. The Hall–Kier alpha value is -3.16. The van der Waals surface area contributed by atoms with Crippen molar-refractivity contribution < 1.29 is 49.3 Å². The number of ether oxygens (including phenoxy) is 3. The third kappa shape index (κ3) is 53.2. The summed E-state index contributed by atoms with van der Waals surface area (Å²) in [5.41, 5.74) is 0. The van der Waals surface area contributed by atoms with E-state index in [1.54, 1.807) is 6.08 Å². The van der Waals surface area contributed by atoms with Crippen LogP contribution in [-0.2, 0) is 23.8 Å². The van der Waals surface area contributed by atoms with E-state index in [-0.39, 0.29) is 18.5 Å². The SMILES string of the molecule is CCCC/C=C\C/C=C\CCCCCCCC(=O)OCCCCCCCCCCC/C=C\C/C=C\CCCCCCCCCCCCCCCCCC(=O)NC(COC1OC(CO)C(O)C(O)C1O)C(O)/C=C/CC/C=C/CC/C=C/CCCCCC. The number of esters is 1. The molecule has 0 bridgehead atoms. The summed E-state index contributed by atoms with van der Waals surface area (Å²) in [6, 6.07) is -0.836. The first-order chi connectivity index (χ1) is 42.7. The number of aliphatic hydroxyl groups is 5. The molecule has 1 heterocycles. The van der Waals surface area contributed by atoms with Gasteiger partial charge in [0.15, 0.2) is 6.29 Å². The minimum atomic E-state index is -1.58. The molecule has 6 N–H and O–H groups in total. The predicted molar refractivity (Wildman–Crippen MR) is 366 cm³/mol. The number of hydrogen-bond acceptors (Lipinski definition) is 10. The van der Waals surface area contributed by atoms with Gasteiger partial charge in [0, 0.05) is 12.8 Å². The summed E-state index contributed by atoms with van der Waals surface area (Å²) in [4.78, 5) is 25.1. The minimum Gasteiger partial charge on any atom is -0.466 e. The number of allylic oxidation sites excluding steroid dienone is 13. The number of carbonyl (C=O) groups excluding carboxylic acids is 2. The van der Waals surface area contributed by atoms with Crippen molar-refractivity contribution >= 4 is 11.9 Å². The quantitative estimate of drug-likeness (QED) is 0.0195. The molecule has 7 unspecified atom stereocenters. The number of amides is 1. The Morgan fingerprint density at radius 3 is 1.24 bits per heavy atom. The standard InChI is InChI=1S/C76H135NO10/c1-3-5-7-9-11-13-15-17-38-42-46-50-54-58-62-69(79)68(67-86-76-75(84)74(83)73(82)70(66-78)87-76)77-71(80)63-59-55-51-47-43-39-36-34-32-30-28-26-24-22-20-19-21-23-25-27-29-31-33-35-37-41-45-49-53-57-61-65-85-72(81)64-60-56-52-48-44-40-18-16-14-12-10-8-6-4-2/h10,12-13,15-16,18,21,23,27,29,42,46,58,62,68-70,73-76,78-79,82-84H,3-9,11,14,17,19-20,22,24-26,28,30-41,43-45,47-57,59-61,63-67H2,1-2H3,(H,77,80)/b12-10-,15-13+,18-16-,23-21-,29-27-,46-42+,62-58+. The molecule has 7 atom stereocenters. The van der Waals surface area contributed by atoms with E-state index in [1.165, 1.54) is 212 Å². The maximum atomic E-state index is 13.1. The van der Waals surface area contributed by atoms with Crippen LogP contribution in [0.3, 0.4) is 0 Å². The molecule has 1 amide bonds. The first kappa shape index (κ1) is 81.9. The molecule has 0 aliphatic carbocycles. The molecule has 1 rings (SSSR count). The van der Waals surface area contributed by atoms with Crippen molar-refractivity contribution in [3.05, 3.63) is 85.1 Å². The predicted octanol–water partition coefficient (Wildman–Crippen LogP) is 18.8. The van der Waals surface area contributed by atoms with Crippen LogP contribution in [-0.4, -0.2) is 100 Å². The molecule has 87 heavy (non-hydrogen) atoms. The summed E-state index contributed by atoms with van der Waals surface area (Å²) in [7, 11) is 0. The van der Waals surface area contributed by atoms with E-state index >= 15 is 0 Å². The van der Waals surface area contributed by atoms with E-state index in [2.05, 4.69) is 92.1 Å². The summed E-state index contributed by atoms with van der Waals surface area (Å²) in [6.45, 7) is 4.27. The van der Waals surface area contributed by atoms with Gasteiger partial charge in [-0.15, -0.1) is 0 Å². The zero-order valence-corrected chi connectivity index (χ0v) is 56.0. The van der Waals surface area contributed by atoms with E-state index in [4.69, 9.17) is 14.2 Å². The Balaban J connectivity index is 1.99. The third-order valence-corrected chi connectivity index (χ3v) is 16.7. The second-order valence-corrected chi connectivity index (χ2v) is 24.9. The smallest absolute Gasteiger partial charge is 0.305 e. The maximum absolute atomic E-state index is 13.1. The van der Waals surface area contributed by atoms with Crippen molar-refractivity contribution in [2.45, 2.75) is 365 Å². The van der Waals surface area contributed by atoms with Crippen molar-refractivity contribution in [1.29, 1.82) is 0 Å². The van der Waals surface area contributed by atoms with Gasteiger partial charge in [-0.05, 0) is 116 Å². The fraction of sp³-hybridized carbons (Fsp3) is 0.789. The summed E-state index contributed by atoms with van der Waals surface area (Å²) >= 11 is 0. The maximum Gasteiger partial charge on any atom is 0.305 e. The molecule has 0 radical (unpaired) electrons. The van der Waals surface area contributed by atoms with Crippen LogP contribution in [0.4, 0.5) is 0 Å². The molecule has 0 aromatic carbocycles. The Bertz CT molecular complexity index is 1720. The van der Waals surface area contributed by atoms with Crippen molar-refractivity contribution in [3.8, 4) is 0 Å². The molecular formula is C76H135NO10. The molecule has 1 saturated heterocycles. The van der Waals surface area contributed by atoms with Crippen LogP contribution in [0.5, 0.6) is 0 Å². The van der Waals surface area contributed by atoms with Crippen LogP contribution in [0.2, 0.25) is 0 Å². The molecule has 1 aliphatic rings. The topological polar surface area (TPSA) is 175 Å². The van der Waals surface area contributed by atoms with Crippen molar-refractivity contribution in [3.63, 3.8) is 0 Å². The zero-order chi connectivity index (χ0) is 63.0. The van der Waals surface area contributed by atoms with Crippen LogP contribution < -0.4 is 5.32 Å². The number of hydrogen-bond donors (Lipinski definition) is 6. The van der Waals surface area contributed by atoms with E-state index in [1.807, 2.05) is 6.08 Å². The summed E-state index contributed by atoms with van der Waals surface area (Å²) in [5, 5.41) is 54.5. The lowest BCUT2D eigenvalue weighted by Crippen LogP contribution is -2.60. The molecule has 11 nitrogen and oxygen atoms in total. The molecule has 0 aromatic heterocycles. The molecule has 504 valence electrons. The van der Waals surface area contributed by atoms with E-state index in [9.17, 15) is 35.1 Å². The zero-order valence-electron chi connectivity index (χ0n) is 56.0. The van der Waals surface area contributed by atoms with Crippen LogP contribution >= 0.6 is 0 Å². The Morgan fingerprint density at radius 1 is 0.425 bits per heavy atom. The molecule has 1 aliphatic heterocycles. The largest absolute Gasteiger partial charge is 0.466 e. The van der Waals surface area contributed by atoms with Gasteiger partial charge in [-0.2, -0.15) is 0 Å². The lowest BCUT2D eigenvalue weighted by Gasteiger charge is -2.40. The first-order valence-electron chi connectivity index (χ1n) is 36.4. The Kier molecular flexibility index (Phi) is 60.6. The summed E-state index contributed by atoms with van der Waals surface area (Å²) in [6.07, 6.45) is 78.6. The van der Waals surface area contributed by atoms with Crippen LogP contribution in [0.1, 0.15) is 322 Å². The number of carbonyl (C=O) groups is 2. The van der Waals surface area contributed by atoms with Gasteiger partial charge in [0.1, 0.15) is 24.4 Å². The average molecular weight is 1220 g/mol. The highest BCUT2D eigenvalue weighted by Crippen LogP contribution is 2.23.